The Morgan fingerprint density at radius 2 is 1.79 bits per heavy atom. The third-order valence-corrected chi connectivity index (χ3v) is 6.09. The van der Waals surface area contributed by atoms with Gasteiger partial charge in [0.25, 0.3) is 0 Å². The van der Waals surface area contributed by atoms with Crippen molar-refractivity contribution in [3.8, 4) is 11.1 Å². The van der Waals surface area contributed by atoms with Crippen LogP contribution in [0.2, 0.25) is 0 Å². The molecule has 9 nitrogen and oxygen atoms in total. The van der Waals surface area contributed by atoms with E-state index in [0.717, 1.165) is 4.90 Å². The van der Waals surface area contributed by atoms with Gasteiger partial charge in [-0.2, -0.15) is 18.3 Å². The number of carbonyl (C=O) groups is 3. The number of benzene rings is 2. The van der Waals surface area contributed by atoms with E-state index in [0.29, 0.717) is 22.4 Å². The van der Waals surface area contributed by atoms with Crippen molar-refractivity contribution in [1.82, 2.24) is 15.2 Å². The molecule has 2 heterocycles. The van der Waals surface area contributed by atoms with Gasteiger partial charge in [-0.25, -0.2) is 9.18 Å². The first-order valence-electron chi connectivity index (χ1n) is 11.8. The first-order chi connectivity index (χ1) is 18.0. The van der Waals surface area contributed by atoms with E-state index in [1.807, 2.05) is 0 Å². The van der Waals surface area contributed by atoms with Gasteiger partial charge in [-0.1, -0.05) is 24.3 Å². The second-order valence-electron chi connectivity index (χ2n) is 8.83. The molecule has 2 aliphatic heterocycles. The van der Waals surface area contributed by atoms with Crippen LogP contribution in [0.15, 0.2) is 47.6 Å². The quantitative estimate of drug-likeness (QED) is 0.454. The van der Waals surface area contributed by atoms with Crippen LogP contribution in [0, 0.1) is 5.82 Å². The summed E-state index contributed by atoms with van der Waals surface area (Å²) in [4.78, 5) is 36.6. The number of alkyl halides is 3. The molecule has 0 saturated carbocycles. The van der Waals surface area contributed by atoms with Gasteiger partial charge in [0.1, 0.15) is 11.9 Å². The molecule has 0 unspecified atom stereocenters. The molecule has 0 radical (unpaired) electrons. The maximum atomic E-state index is 15.0. The van der Waals surface area contributed by atoms with Gasteiger partial charge in [0.15, 0.2) is 0 Å². The van der Waals surface area contributed by atoms with Crippen LogP contribution in [0.25, 0.3) is 11.1 Å². The highest BCUT2D eigenvalue weighted by Gasteiger charge is 2.43. The molecule has 2 aliphatic rings. The Labute approximate surface area is 215 Å². The van der Waals surface area contributed by atoms with Crippen LogP contribution in [0.5, 0.6) is 0 Å². The average Bonchev–Trinajstić information content (AvgIpc) is 3.26. The van der Waals surface area contributed by atoms with Crippen molar-refractivity contribution >= 4 is 29.8 Å². The zero-order valence-corrected chi connectivity index (χ0v) is 20.4. The maximum Gasteiger partial charge on any atom is 0.471 e. The third-order valence-electron chi connectivity index (χ3n) is 6.09. The molecule has 38 heavy (non-hydrogen) atoms. The Morgan fingerprint density at radius 1 is 1.11 bits per heavy atom. The van der Waals surface area contributed by atoms with Crippen molar-refractivity contribution < 1.29 is 36.7 Å². The topological polar surface area (TPSA) is 94.5 Å². The lowest BCUT2D eigenvalue weighted by atomic mass is 10.0. The summed E-state index contributed by atoms with van der Waals surface area (Å²) in [6.45, 7) is 1.91. The molecule has 13 heteroatoms. The molecule has 2 saturated heterocycles. The number of nitrogens with zero attached hydrogens (tertiary/aromatic N) is 4. The summed E-state index contributed by atoms with van der Waals surface area (Å²) < 4.78 is 57.8. The van der Waals surface area contributed by atoms with Crippen LogP contribution in [-0.4, -0.2) is 85.6 Å². The number of amides is 3. The molecule has 0 aromatic heterocycles. The van der Waals surface area contributed by atoms with Crippen LogP contribution in [-0.2, 0) is 14.3 Å². The molecule has 1 N–H and O–H groups in total. The zero-order valence-electron chi connectivity index (χ0n) is 20.4. The van der Waals surface area contributed by atoms with Crippen molar-refractivity contribution in [3.05, 3.63) is 53.8 Å². The lowest BCUT2D eigenvalue weighted by Crippen LogP contribution is -2.51. The van der Waals surface area contributed by atoms with Crippen LogP contribution >= 0.6 is 0 Å². The molecule has 4 rings (SSSR count). The van der Waals surface area contributed by atoms with Gasteiger partial charge in [0.05, 0.1) is 38.1 Å². The molecule has 1 atom stereocenters. The number of halogens is 4. The van der Waals surface area contributed by atoms with Crippen molar-refractivity contribution in [3.63, 3.8) is 0 Å². The van der Waals surface area contributed by atoms with Crippen LogP contribution in [0.4, 0.5) is 28.0 Å². The molecule has 0 aliphatic carbocycles. The summed E-state index contributed by atoms with van der Waals surface area (Å²) in [6.07, 6.45) is -4.50. The Kier molecular flexibility index (Phi) is 7.83. The number of carbonyl (C=O) groups excluding carboxylic acids is 3. The highest BCUT2D eigenvalue weighted by molar-refractivity contribution is 5.90. The predicted molar refractivity (Wildman–Crippen MR) is 130 cm³/mol. The molecule has 2 aromatic rings. The standard InChI is InChI=1S/C25H25F4N5O4/c1-16(35)30-14-20-15-34(24(37)38-20)19-6-7-21(22(26)12-19)18-4-2-17(3-5-18)13-31-33-10-8-32(9-11-33)23(36)25(27,28)29/h2-7,12-13,20H,8-11,14-15H2,1H3,(H,30,35)/b31-13+/t20-/m0/s1. The Bertz CT molecular complexity index is 1230. The average molecular weight is 535 g/mol. The van der Waals surface area contributed by atoms with E-state index in [4.69, 9.17) is 4.74 Å². The molecular weight excluding hydrogens is 510 g/mol. The fourth-order valence-corrected chi connectivity index (χ4v) is 4.09. The summed E-state index contributed by atoms with van der Waals surface area (Å²) in [6, 6.07) is 11.3. The van der Waals surface area contributed by atoms with Crippen molar-refractivity contribution in [2.45, 2.75) is 19.2 Å². The van der Waals surface area contributed by atoms with Gasteiger partial charge in [0, 0.05) is 25.6 Å². The highest BCUT2D eigenvalue weighted by atomic mass is 19.4. The summed E-state index contributed by atoms with van der Waals surface area (Å²) in [5, 5.41) is 8.43. The summed E-state index contributed by atoms with van der Waals surface area (Å²) in [7, 11) is 0. The highest BCUT2D eigenvalue weighted by Crippen LogP contribution is 2.29. The van der Waals surface area contributed by atoms with Crippen molar-refractivity contribution in [1.29, 1.82) is 0 Å². The zero-order chi connectivity index (χ0) is 27.4. The summed E-state index contributed by atoms with van der Waals surface area (Å²) in [5.74, 6) is -2.62. The van der Waals surface area contributed by atoms with E-state index >= 15 is 0 Å². The largest absolute Gasteiger partial charge is 0.471 e. The fourth-order valence-electron chi connectivity index (χ4n) is 4.09. The van der Waals surface area contributed by atoms with E-state index < -0.39 is 30.1 Å². The van der Waals surface area contributed by atoms with Gasteiger partial charge in [-0.05, 0) is 29.3 Å². The minimum Gasteiger partial charge on any atom is -0.442 e. The van der Waals surface area contributed by atoms with Crippen LogP contribution in [0.3, 0.4) is 0 Å². The Hall–Kier alpha value is -4.16. The monoisotopic (exact) mass is 535 g/mol. The lowest BCUT2D eigenvalue weighted by Gasteiger charge is -2.33. The van der Waals surface area contributed by atoms with Crippen LogP contribution < -0.4 is 10.2 Å². The van der Waals surface area contributed by atoms with E-state index in [1.165, 1.54) is 17.9 Å². The second kappa shape index (κ2) is 11.1. The number of piperazine rings is 1. The van der Waals surface area contributed by atoms with Crippen LogP contribution in [0.1, 0.15) is 12.5 Å². The van der Waals surface area contributed by atoms with E-state index in [9.17, 15) is 31.9 Å². The number of hydrazone groups is 1. The van der Waals surface area contributed by atoms with Gasteiger partial charge in [-0.15, -0.1) is 0 Å². The summed E-state index contributed by atoms with van der Waals surface area (Å²) in [5.41, 5.74) is 1.95. The number of ether oxygens (including phenoxy) is 1. The Morgan fingerprint density at radius 3 is 2.39 bits per heavy atom. The molecule has 0 bridgehead atoms. The molecule has 202 valence electrons. The minimum atomic E-state index is -4.88. The third kappa shape index (κ3) is 6.39. The number of nitrogens with one attached hydrogen (secondary N) is 1. The van der Waals surface area contributed by atoms with Gasteiger partial charge in [-0.3, -0.25) is 19.5 Å². The molecule has 3 amide bonds. The minimum absolute atomic E-state index is 0.0744. The maximum absolute atomic E-state index is 15.0. The number of hydrogen-bond donors (Lipinski definition) is 1. The first-order valence-corrected chi connectivity index (χ1v) is 11.8. The first kappa shape index (κ1) is 26.9. The number of hydrogen-bond acceptors (Lipinski definition) is 6. The van der Waals surface area contributed by atoms with Gasteiger partial charge >= 0.3 is 18.2 Å². The second-order valence-corrected chi connectivity index (χ2v) is 8.83. The van der Waals surface area contributed by atoms with Gasteiger partial charge in [0.2, 0.25) is 5.91 Å². The van der Waals surface area contributed by atoms with E-state index in [1.54, 1.807) is 47.6 Å². The molecular formula is C25H25F4N5O4. The Balaban J connectivity index is 1.35. The summed E-state index contributed by atoms with van der Waals surface area (Å²) >= 11 is 0. The van der Waals surface area contributed by atoms with Crippen molar-refractivity contribution in [2.24, 2.45) is 5.10 Å². The molecule has 0 spiro atoms. The van der Waals surface area contributed by atoms with Gasteiger partial charge < -0.3 is 15.0 Å². The van der Waals surface area contributed by atoms with Crippen molar-refractivity contribution in [2.75, 3.05) is 44.2 Å². The number of rotatable bonds is 6. The van der Waals surface area contributed by atoms with E-state index in [-0.39, 0.29) is 45.2 Å². The smallest absolute Gasteiger partial charge is 0.442 e. The lowest BCUT2D eigenvalue weighted by molar-refractivity contribution is -0.187. The predicted octanol–water partition coefficient (Wildman–Crippen LogP) is 2.99. The van der Waals surface area contributed by atoms with E-state index in [2.05, 4.69) is 10.4 Å². The molecule has 2 aromatic carbocycles. The number of cyclic esters (lactones) is 1. The fraction of sp³-hybridized carbons (Fsp3) is 0.360. The number of anilines is 1. The normalized spacial score (nSPS) is 18.2. The molecule has 2 fully saturated rings. The SMILES string of the molecule is CC(=O)NC[C@H]1CN(c2ccc(-c3ccc(/C=N/N4CCN(C(=O)C(F)(F)F)CC4)cc3)c(F)c2)C(=O)O1.